The van der Waals surface area contributed by atoms with E-state index >= 15 is 0 Å². The molecule has 0 atom stereocenters. The zero-order valence-corrected chi connectivity index (χ0v) is 37.6. The second-order valence-electron chi connectivity index (χ2n) is 18.8. The molecule has 0 N–H and O–H groups in total. The molecule has 0 aliphatic heterocycles. The van der Waals surface area contributed by atoms with E-state index < -0.39 is 5.41 Å². The maximum Gasteiger partial charge on any atom is 0.0714 e. The summed E-state index contributed by atoms with van der Waals surface area (Å²) in [5.74, 6) is 0. The first kappa shape index (κ1) is 39.1. The van der Waals surface area contributed by atoms with E-state index in [1.54, 1.807) is 0 Å². The van der Waals surface area contributed by atoms with Crippen LogP contribution in [0.25, 0.3) is 66.1 Å². The van der Waals surface area contributed by atoms with Gasteiger partial charge in [-0.3, -0.25) is 0 Å². The molecule has 2 aliphatic rings. The van der Waals surface area contributed by atoms with Crippen LogP contribution in [0, 0.1) is 0 Å². The minimum absolute atomic E-state index is 0.0615. The third-order valence-electron chi connectivity index (χ3n) is 14.9. The average Bonchev–Trinajstić information content (AvgIpc) is 3.82. The van der Waals surface area contributed by atoms with Crippen molar-refractivity contribution in [1.29, 1.82) is 0 Å². The summed E-state index contributed by atoms with van der Waals surface area (Å²) in [7, 11) is 0. The molecule has 0 fully saturated rings. The van der Waals surface area contributed by atoms with Gasteiger partial charge in [-0.2, -0.15) is 0 Å². The molecule has 0 radical (unpaired) electrons. The first-order chi connectivity index (χ1) is 33.0. The van der Waals surface area contributed by atoms with E-state index in [0.717, 1.165) is 17.1 Å². The summed E-state index contributed by atoms with van der Waals surface area (Å²) in [6.45, 7) is 4.71. The van der Waals surface area contributed by atoms with Gasteiger partial charge in [-0.25, -0.2) is 0 Å². The predicted molar refractivity (Wildman–Crippen MR) is 282 cm³/mol. The van der Waals surface area contributed by atoms with Gasteiger partial charge in [-0.1, -0.05) is 214 Å². The van der Waals surface area contributed by atoms with Gasteiger partial charge in [0.15, 0.2) is 0 Å². The zero-order chi connectivity index (χ0) is 44.7. The van der Waals surface area contributed by atoms with Crippen LogP contribution in [0.2, 0.25) is 0 Å². The first-order valence-corrected chi connectivity index (χ1v) is 23.5. The summed E-state index contributed by atoms with van der Waals surface area (Å²) in [6, 6.07) is 92.6. The monoisotopic (exact) mass is 853 g/mol. The van der Waals surface area contributed by atoms with Crippen molar-refractivity contribution in [2.24, 2.45) is 0 Å². The lowest BCUT2D eigenvalue weighted by molar-refractivity contribution is 0.660. The Bertz CT molecular complexity index is 3650. The Morgan fingerprint density at radius 3 is 1.43 bits per heavy atom. The minimum Gasteiger partial charge on any atom is -0.310 e. The molecule has 11 aromatic rings. The number of benzene rings is 11. The molecule has 1 nitrogen and oxygen atoms in total. The molecule has 11 aromatic carbocycles. The van der Waals surface area contributed by atoms with E-state index in [2.05, 4.69) is 267 Å². The van der Waals surface area contributed by atoms with Gasteiger partial charge in [0.25, 0.3) is 0 Å². The third-order valence-corrected chi connectivity index (χ3v) is 14.9. The van der Waals surface area contributed by atoms with Gasteiger partial charge in [0.2, 0.25) is 0 Å². The van der Waals surface area contributed by atoms with Crippen LogP contribution in [0.15, 0.2) is 249 Å². The summed E-state index contributed by atoms with van der Waals surface area (Å²) < 4.78 is 0. The van der Waals surface area contributed by atoms with Gasteiger partial charge >= 0.3 is 0 Å². The van der Waals surface area contributed by atoms with Crippen molar-refractivity contribution in [1.82, 2.24) is 0 Å². The topological polar surface area (TPSA) is 3.24 Å². The van der Waals surface area contributed by atoms with Crippen LogP contribution >= 0.6 is 0 Å². The van der Waals surface area contributed by atoms with Crippen LogP contribution in [0.4, 0.5) is 17.1 Å². The summed E-state index contributed by atoms with van der Waals surface area (Å²) >= 11 is 0. The van der Waals surface area contributed by atoms with Gasteiger partial charge < -0.3 is 4.90 Å². The molecule has 0 amide bonds. The highest BCUT2D eigenvalue weighted by Gasteiger charge is 2.46. The molecule has 316 valence electrons. The van der Waals surface area contributed by atoms with E-state index in [1.165, 1.54) is 99.4 Å². The van der Waals surface area contributed by atoms with Crippen LogP contribution in [0.5, 0.6) is 0 Å². The SMILES string of the molecule is CC1(C)c2ccccc2-c2ccc(-c3ccc(N(c4ccc(-c5ccc6c(ccc7ccccc76)c5)cc4)c4ccc5c(c4)C(c4ccccc4)(c4ccccc4)c4ccccc4-5)cc3)cc21. The molecule has 0 heterocycles. The molecule has 0 saturated heterocycles. The Morgan fingerprint density at radius 1 is 0.284 bits per heavy atom. The molecule has 13 rings (SSSR count). The average molecular weight is 854 g/mol. The Labute approximate surface area is 392 Å². The molecule has 0 bridgehead atoms. The number of anilines is 3. The molecule has 0 unspecified atom stereocenters. The van der Waals surface area contributed by atoms with Gasteiger partial charge in [-0.05, 0) is 148 Å². The molecule has 2 aliphatic carbocycles. The smallest absolute Gasteiger partial charge is 0.0714 e. The second kappa shape index (κ2) is 15.2. The Balaban J connectivity index is 0.954. The number of hydrogen-bond acceptors (Lipinski definition) is 1. The van der Waals surface area contributed by atoms with E-state index in [4.69, 9.17) is 0 Å². The highest BCUT2D eigenvalue weighted by molar-refractivity contribution is 6.08. The van der Waals surface area contributed by atoms with Crippen LogP contribution in [-0.4, -0.2) is 0 Å². The van der Waals surface area contributed by atoms with E-state index in [0.29, 0.717) is 0 Å². The predicted octanol–water partition coefficient (Wildman–Crippen LogP) is 17.5. The highest BCUT2D eigenvalue weighted by Crippen LogP contribution is 2.57. The van der Waals surface area contributed by atoms with Crippen LogP contribution < -0.4 is 4.90 Å². The second-order valence-corrected chi connectivity index (χ2v) is 18.8. The molecular weight excluding hydrogens is 807 g/mol. The lowest BCUT2D eigenvalue weighted by atomic mass is 9.67. The maximum absolute atomic E-state index is 2.46. The van der Waals surface area contributed by atoms with Gasteiger partial charge in [0.1, 0.15) is 0 Å². The summed E-state index contributed by atoms with van der Waals surface area (Å²) in [4.78, 5) is 2.44. The number of rotatable bonds is 7. The summed E-state index contributed by atoms with van der Waals surface area (Å²) in [5.41, 5.74) is 20.7. The molecule has 0 aromatic heterocycles. The fourth-order valence-corrected chi connectivity index (χ4v) is 11.7. The van der Waals surface area contributed by atoms with Gasteiger partial charge in [0, 0.05) is 22.5 Å². The summed E-state index contributed by atoms with van der Waals surface area (Å²) in [6.07, 6.45) is 0. The molecule has 0 spiro atoms. The normalized spacial score (nSPS) is 13.8. The van der Waals surface area contributed by atoms with Crippen molar-refractivity contribution in [3.63, 3.8) is 0 Å². The summed E-state index contributed by atoms with van der Waals surface area (Å²) in [5, 5.41) is 5.08. The Hall–Kier alpha value is -8.26. The van der Waals surface area contributed by atoms with Crippen molar-refractivity contribution in [2.45, 2.75) is 24.7 Å². The molecule has 0 saturated carbocycles. The van der Waals surface area contributed by atoms with Gasteiger partial charge in [-0.15, -0.1) is 0 Å². The highest BCUT2D eigenvalue weighted by atomic mass is 15.1. The van der Waals surface area contributed by atoms with Crippen molar-refractivity contribution >= 4 is 38.6 Å². The first-order valence-electron chi connectivity index (χ1n) is 23.5. The van der Waals surface area contributed by atoms with E-state index in [1.807, 2.05) is 0 Å². The fourth-order valence-electron chi connectivity index (χ4n) is 11.7. The lowest BCUT2D eigenvalue weighted by Crippen LogP contribution is -2.28. The number of fused-ring (bicyclic) bond motifs is 9. The Kier molecular flexibility index (Phi) is 8.85. The third kappa shape index (κ3) is 6.01. The van der Waals surface area contributed by atoms with E-state index in [9.17, 15) is 0 Å². The Morgan fingerprint density at radius 2 is 0.746 bits per heavy atom. The number of hydrogen-bond donors (Lipinski definition) is 0. The molecule has 1 heteroatoms. The fraction of sp³-hybridized carbons (Fsp3) is 0.0606. The van der Waals surface area contributed by atoms with E-state index in [-0.39, 0.29) is 5.41 Å². The number of nitrogens with zero attached hydrogens (tertiary/aromatic N) is 1. The minimum atomic E-state index is -0.508. The largest absolute Gasteiger partial charge is 0.310 e. The van der Waals surface area contributed by atoms with Crippen molar-refractivity contribution in [3.8, 4) is 44.5 Å². The van der Waals surface area contributed by atoms with Crippen LogP contribution in [0.3, 0.4) is 0 Å². The van der Waals surface area contributed by atoms with Crippen molar-refractivity contribution in [3.05, 3.63) is 282 Å². The van der Waals surface area contributed by atoms with Gasteiger partial charge in [0.05, 0.1) is 5.41 Å². The lowest BCUT2D eigenvalue weighted by Gasteiger charge is -2.35. The van der Waals surface area contributed by atoms with Crippen molar-refractivity contribution < 1.29 is 0 Å². The van der Waals surface area contributed by atoms with Crippen LogP contribution in [0.1, 0.15) is 47.2 Å². The van der Waals surface area contributed by atoms with Crippen molar-refractivity contribution in [2.75, 3.05) is 4.90 Å². The molecular formula is C66H47N. The molecule has 67 heavy (non-hydrogen) atoms. The maximum atomic E-state index is 2.46. The van der Waals surface area contributed by atoms with Crippen LogP contribution in [-0.2, 0) is 10.8 Å². The zero-order valence-electron chi connectivity index (χ0n) is 37.6. The standard InChI is InChI=1S/C66H47N/c1-65(2)61-23-13-11-21-57(61)59-39-32-48(42-63(59)65)45-29-35-53(36-30-45)67(52-33-27-44(28-34-52)47-31-38-56-49(41-47)26-25-46-15-9-10-20-55(46)56)54-37-40-60-58-22-12-14-24-62(58)66(64(60)43-54,50-16-5-3-6-17-50)51-18-7-4-8-19-51/h3-43H,1-2H3. The quantitative estimate of drug-likeness (QED) is 0.144.